The van der Waals surface area contributed by atoms with E-state index in [0.717, 1.165) is 18.7 Å². The van der Waals surface area contributed by atoms with E-state index in [4.69, 9.17) is 0 Å². The second-order valence-corrected chi connectivity index (χ2v) is 30.0. The van der Waals surface area contributed by atoms with E-state index in [9.17, 15) is 0 Å². The number of hydrogen-bond acceptors (Lipinski definition) is 3. The van der Waals surface area contributed by atoms with E-state index in [1.54, 1.807) is 0 Å². The van der Waals surface area contributed by atoms with Gasteiger partial charge in [-0.3, -0.25) is 0 Å². The Bertz CT molecular complexity index is 4400. The maximum absolute atomic E-state index is 4.16. The molecule has 2 nitrogen and oxygen atoms in total. The van der Waals surface area contributed by atoms with E-state index in [1.165, 1.54) is 166 Å². The summed E-state index contributed by atoms with van der Waals surface area (Å²) in [7, 11) is 0.836. The molecule has 15 rings (SSSR count). The third-order valence-electron chi connectivity index (χ3n) is 19.9. The van der Waals surface area contributed by atoms with Crippen LogP contribution in [0.2, 0.25) is 0 Å². The van der Waals surface area contributed by atoms with Crippen LogP contribution in [0.5, 0.6) is 0 Å². The normalized spacial score (nSPS) is 18.2. The SMILES string of the molecule is CC(C)(C)c1ccc(Nc2cc3sc4cc5c(cc4c3cc2-c2c3c4c(c6cc7c(cc6n4-c4cc6c(cc4B3)-c3ccccc3C6(C)C)C(C)(C)CCC7(C)C)c3sc4ccccc4c23)C(C)(C)CCC5(C)C)cc1. The summed E-state index contributed by atoms with van der Waals surface area (Å²) in [6.07, 6.45) is 4.76. The molecule has 378 valence electrons. The number of hydrogen-bond donors (Lipinski definition) is 1. The van der Waals surface area contributed by atoms with Crippen LogP contribution in [0.4, 0.5) is 11.4 Å². The second-order valence-electron chi connectivity index (χ2n) is 27.9. The first kappa shape index (κ1) is 47.1. The molecular formula is C71H69BN2S2. The molecule has 3 aromatic heterocycles. The van der Waals surface area contributed by atoms with Crippen LogP contribution in [0.25, 0.3) is 90.1 Å². The van der Waals surface area contributed by atoms with Gasteiger partial charge in [-0.05, 0) is 175 Å². The molecule has 5 heteroatoms. The van der Waals surface area contributed by atoms with Gasteiger partial charge in [-0.1, -0.05) is 156 Å². The Morgan fingerprint density at radius 2 is 1.11 bits per heavy atom. The minimum Gasteiger partial charge on any atom is -0.355 e. The fourth-order valence-corrected chi connectivity index (χ4v) is 17.5. The summed E-state index contributed by atoms with van der Waals surface area (Å²) in [5.41, 5.74) is 25.2. The van der Waals surface area contributed by atoms with E-state index >= 15 is 0 Å². The first-order valence-corrected chi connectivity index (χ1v) is 29.8. The molecule has 0 atom stereocenters. The van der Waals surface area contributed by atoms with Gasteiger partial charge in [-0.25, -0.2) is 0 Å². The molecule has 8 aromatic carbocycles. The molecule has 0 unspecified atom stereocenters. The molecule has 0 saturated heterocycles. The van der Waals surface area contributed by atoms with Crippen molar-refractivity contribution >= 4 is 114 Å². The average molecular weight is 1030 g/mol. The summed E-state index contributed by atoms with van der Waals surface area (Å²) in [4.78, 5) is 0. The summed E-state index contributed by atoms with van der Waals surface area (Å²) < 4.78 is 8.24. The fraction of sp³-hybridized carbons (Fsp3) is 0.324. The number of benzene rings is 8. The molecule has 0 bridgehead atoms. The van der Waals surface area contributed by atoms with E-state index in [1.807, 2.05) is 22.7 Å². The zero-order chi connectivity index (χ0) is 52.5. The highest BCUT2D eigenvalue weighted by Gasteiger charge is 2.42. The fourth-order valence-electron chi connectivity index (χ4n) is 15.0. The van der Waals surface area contributed by atoms with E-state index < -0.39 is 0 Å². The molecule has 1 N–H and O–H groups in total. The summed E-state index contributed by atoms with van der Waals surface area (Å²) in [5.74, 6) is 0. The zero-order valence-corrected chi connectivity index (χ0v) is 48.5. The number of thiophene rings is 2. The molecule has 0 radical (unpaired) electrons. The molecule has 0 spiro atoms. The van der Waals surface area contributed by atoms with Crippen molar-refractivity contribution in [3.05, 3.63) is 160 Å². The smallest absolute Gasteiger partial charge is 0.198 e. The van der Waals surface area contributed by atoms with Crippen LogP contribution in [0.1, 0.15) is 155 Å². The van der Waals surface area contributed by atoms with Gasteiger partial charge < -0.3 is 9.88 Å². The van der Waals surface area contributed by atoms with Gasteiger partial charge in [0.2, 0.25) is 0 Å². The molecule has 0 saturated carbocycles. The van der Waals surface area contributed by atoms with Crippen molar-refractivity contribution in [3.63, 3.8) is 0 Å². The van der Waals surface area contributed by atoms with Crippen molar-refractivity contribution in [2.75, 3.05) is 5.32 Å². The number of aromatic nitrogens is 1. The van der Waals surface area contributed by atoms with Gasteiger partial charge in [0.1, 0.15) is 0 Å². The van der Waals surface area contributed by atoms with Crippen LogP contribution >= 0.6 is 22.7 Å². The van der Waals surface area contributed by atoms with Gasteiger partial charge in [0.05, 0.1) is 11.0 Å². The van der Waals surface area contributed by atoms with Gasteiger partial charge in [0.15, 0.2) is 7.28 Å². The Balaban J connectivity index is 1.11. The van der Waals surface area contributed by atoms with Gasteiger partial charge in [-0.15, -0.1) is 22.7 Å². The Morgan fingerprint density at radius 3 is 1.80 bits per heavy atom. The molecule has 76 heavy (non-hydrogen) atoms. The Labute approximate surface area is 457 Å². The topological polar surface area (TPSA) is 17.0 Å². The Hall–Kier alpha value is -6.14. The van der Waals surface area contributed by atoms with Gasteiger partial charge in [-0.2, -0.15) is 0 Å². The number of nitrogens with zero attached hydrogens (tertiary/aromatic N) is 1. The molecule has 11 aromatic rings. The molecule has 0 amide bonds. The Morgan fingerprint density at radius 1 is 0.500 bits per heavy atom. The van der Waals surface area contributed by atoms with Crippen molar-refractivity contribution < 1.29 is 0 Å². The zero-order valence-electron chi connectivity index (χ0n) is 46.8. The van der Waals surface area contributed by atoms with Gasteiger partial charge in [0.25, 0.3) is 0 Å². The van der Waals surface area contributed by atoms with Crippen LogP contribution in [0.3, 0.4) is 0 Å². The highest BCUT2D eigenvalue weighted by atomic mass is 32.1. The predicted molar refractivity (Wildman–Crippen MR) is 335 cm³/mol. The minimum atomic E-state index is -0.121. The highest BCUT2D eigenvalue weighted by Crippen LogP contribution is 2.56. The molecule has 0 fully saturated rings. The maximum Gasteiger partial charge on any atom is 0.198 e. The van der Waals surface area contributed by atoms with E-state index in [2.05, 4.69) is 221 Å². The Kier molecular flexibility index (Phi) is 9.37. The largest absolute Gasteiger partial charge is 0.355 e. The van der Waals surface area contributed by atoms with Crippen LogP contribution in [0, 0.1) is 0 Å². The van der Waals surface area contributed by atoms with Crippen molar-refractivity contribution in [1.82, 2.24) is 4.57 Å². The van der Waals surface area contributed by atoms with Crippen molar-refractivity contribution in [3.8, 4) is 27.9 Å². The first-order chi connectivity index (χ1) is 36.0. The van der Waals surface area contributed by atoms with Gasteiger partial charge >= 0.3 is 0 Å². The molecule has 4 heterocycles. The lowest BCUT2D eigenvalue weighted by Gasteiger charge is -2.42. The monoisotopic (exact) mass is 1020 g/mol. The lowest BCUT2D eigenvalue weighted by atomic mass is 9.58. The summed E-state index contributed by atoms with van der Waals surface area (Å²) in [5, 5.41) is 12.5. The summed E-state index contributed by atoms with van der Waals surface area (Å²) in [6.45, 7) is 31.7. The lowest BCUT2D eigenvalue weighted by Crippen LogP contribution is -2.38. The van der Waals surface area contributed by atoms with Crippen molar-refractivity contribution in [2.24, 2.45) is 0 Å². The number of anilines is 2. The van der Waals surface area contributed by atoms with Crippen molar-refractivity contribution in [1.29, 1.82) is 0 Å². The standard InChI is InChI=1S/C71H69BN2S2/c1-66(2,3)38-22-24-39(25-23-38)73-54-37-59-43(44-31-49-52(36-58(44)75-59)70(10,11)29-27-67(49,4)5)30-45(54)60-61-41-19-15-17-21-57(41)76-65(61)62-46-32-50-51(69(8,9)28-26-68(50,6)7)35-55(46)74-56-34-48-42(33-53(56)72-63(60)64(62)74)40-18-14-16-20-47(40)71(48,12)13/h14-25,30-37,72-73H,26-29H2,1-13H3. The maximum atomic E-state index is 4.16. The average Bonchev–Trinajstić information content (AvgIpc) is 4.30. The van der Waals surface area contributed by atoms with Crippen LogP contribution in [-0.2, 0) is 32.5 Å². The first-order valence-electron chi connectivity index (χ1n) is 28.2. The minimum absolute atomic E-state index is 0.0587. The molecular weight excluding hydrogens is 956 g/mol. The highest BCUT2D eigenvalue weighted by molar-refractivity contribution is 7.27. The summed E-state index contributed by atoms with van der Waals surface area (Å²) >= 11 is 3.98. The third kappa shape index (κ3) is 6.39. The number of fused-ring (bicyclic) bond motifs is 17. The van der Waals surface area contributed by atoms with Crippen LogP contribution in [0.15, 0.2) is 121 Å². The predicted octanol–water partition coefficient (Wildman–Crippen LogP) is 18.9. The summed E-state index contributed by atoms with van der Waals surface area (Å²) in [6, 6.07) is 48.7. The van der Waals surface area contributed by atoms with Crippen LogP contribution < -0.4 is 16.2 Å². The quantitative estimate of drug-likeness (QED) is 0.175. The van der Waals surface area contributed by atoms with Crippen LogP contribution in [-0.4, -0.2) is 11.8 Å². The number of nitrogens with one attached hydrogen (secondary N) is 1. The van der Waals surface area contributed by atoms with E-state index in [-0.39, 0.29) is 32.5 Å². The second kappa shape index (κ2) is 15.1. The van der Waals surface area contributed by atoms with Crippen molar-refractivity contribution in [2.45, 2.75) is 148 Å². The molecule has 4 aliphatic rings. The van der Waals surface area contributed by atoms with Gasteiger partial charge in [0, 0.05) is 79.2 Å². The molecule has 1 aliphatic heterocycles. The number of rotatable bonds is 3. The lowest BCUT2D eigenvalue weighted by molar-refractivity contribution is 0.332. The molecule has 3 aliphatic carbocycles. The van der Waals surface area contributed by atoms with E-state index in [0.29, 0.717) is 0 Å². The third-order valence-corrected chi connectivity index (χ3v) is 22.2.